The highest BCUT2D eigenvalue weighted by Gasteiger charge is 2.28. The lowest BCUT2D eigenvalue weighted by Crippen LogP contribution is -2.32. The highest BCUT2D eigenvalue weighted by Crippen LogP contribution is 2.26. The van der Waals surface area contributed by atoms with Crippen LogP contribution in [0.25, 0.3) is 0 Å². The van der Waals surface area contributed by atoms with E-state index in [-0.39, 0.29) is 11.8 Å². The van der Waals surface area contributed by atoms with Crippen molar-refractivity contribution in [2.45, 2.75) is 45.3 Å². The second kappa shape index (κ2) is 9.43. The van der Waals surface area contributed by atoms with E-state index in [0.717, 1.165) is 17.7 Å². The molecule has 2 atom stereocenters. The molecule has 2 N–H and O–H groups in total. The van der Waals surface area contributed by atoms with Gasteiger partial charge >= 0.3 is 6.18 Å². The van der Waals surface area contributed by atoms with Gasteiger partial charge in [-0.05, 0) is 37.0 Å². The SMILES string of the molecule is CCC(C)c1ccccc1NC(=O)C(C)Nc1ccc(OCC(F)(F)F)nc1. The molecule has 8 heteroatoms. The van der Waals surface area contributed by atoms with Gasteiger partial charge in [-0.1, -0.05) is 32.0 Å². The highest BCUT2D eigenvalue weighted by molar-refractivity contribution is 5.96. The number of aromatic nitrogens is 1. The Labute approximate surface area is 162 Å². The summed E-state index contributed by atoms with van der Waals surface area (Å²) in [7, 11) is 0. The summed E-state index contributed by atoms with van der Waals surface area (Å²) in [5, 5.41) is 5.89. The molecule has 0 fully saturated rings. The first-order valence-corrected chi connectivity index (χ1v) is 9.01. The summed E-state index contributed by atoms with van der Waals surface area (Å²) < 4.78 is 41.0. The second-order valence-corrected chi connectivity index (χ2v) is 6.54. The lowest BCUT2D eigenvalue weighted by Gasteiger charge is -2.19. The number of alkyl halides is 3. The van der Waals surface area contributed by atoms with Gasteiger partial charge in [0.15, 0.2) is 6.61 Å². The number of carbonyl (C=O) groups is 1. The lowest BCUT2D eigenvalue weighted by atomic mass is 9.97. The first kappa shape index (κ1) is 21.5. The molecule has 2 unspecified atom stereocenters. The number of halogens is 3. The van der Waals surface area contributed by atoms with Gasteiger partial charge in [-0.25, -0.2) is 4.98 Å². The summed E-state index contributed by atoms with van der Waals surface area (Å²) in [6, 6.07) is 9.91. The molecule has 1 aromatic carbocycles. The van der Waals surface area contributed by atoms with Crippen LogP contribution in [0.1, 0.15) is 38.7 Å². The van der Waals surface area contributed by atoms with E-state index in [0.29, 0.717) is 11.6 Å². The first-order valence-electron chi connectivity index (χ1n) is 9.01. The number of hydrogen-bond acceptors (Lipinski definition) is 4. The number of para-hydroxylation sites is 1. The fourth-order valence-corrected chi connectivity index (χ4v) is 2.52. The van der Waals surface area contributed by atoms with Crippen LogP contribution >= 0.6 is 0 Å². The van der Waals surface area contributed by atoms with Crippen LogP contribution in [-0.4, -0.2) is 29.7 Å². The van der Waals surface area contributed by atoms with Crippen LogP contribution in [0.3, 0.4) is 0 Å². The Morgan fingerprint density at radius 1 is 1.18 bits per heavy atom. The number of anilines is 2. The van der Waals surface area contributed by atoms with Gasteiger partial charge in [0.1, 0.15) is 6.04 Å². The summed E-state index contributed by atoms with van der Waals surface area (Å²) in [6.07, 6.45) is -2.14. The van der Waals surface area contributed by atoms with E-state index in [2.05, 4.69) is 34.2 Å². The van der Waals surface area contributed by atoms with Crippen LogP contribution in [-0.2, 0) is 4.79 Å². The molecule has 0 bridgehead atoms. The predicted octanol–water partition coefficient (Wildman–Crippen LogP) is 4.98. The minimum absolute atomic E-state index is 0.137. The van der Waals surface area contributed by atoms with E-state index in [1.807, 2.05) is 24.3 Å². The van der Waals surface area contributed by atoms with E-state index < -0.39 is 18.8 Å². The van der Waals surface area contributed by atoms with Crippen LogP contribution in [0.15, 0.2) is 42.6 Å². The number of carbonyl (C=O) groups excluding carboxylic acids is 1. The summed E-state index contributed by atoms with van der Waals surface area (Å²) in [4.78, 5) is 16.3. The number of nitrogens with zero attached hydrogens (tertiary/aromatic N) is 1. The van der Waals surface area contributed by atoms with Crippen molar-refractivity contribution >= 4 is 17.3 Å². The largest absolute Gasteiger partial charge is 0.468 e. The summed E-state index contributed by atoms with van der Waals surface area (Å²) in [5.74, 6) is -0.0520. The zero-order valence-electron chi connectivity index (χ0n) is 16.0. The van der Waals surface area contributed by atoms with Gasteiger partial charge in [0.25, 0.3) is 0 Å². The van der Waals surface area contributed by atoms with Crippen molar-refractivity contribution in [3.05, 3.63) is 48.2 Å². The molecule has 0 radical (unpaired) electrons. The molecule has 0 aliphatic rings. The van der Waals surface area contributed by atoms with Crippen molar-refractivity contribution < 1.29 is 22.7 Å². The molecule has 0 saturated carbocycles. The van der Waals surface area contributed by atoms with Crippen LogP contribution in [0.4, 0.5) is 24.5 Å². The molecule has 1 amide bonds. The zero-order chi connectivity index (χ0) is 20.7. The summed E-state index contributed by atoms with van der Waals surface area (Å²) in [6.45, 7) is 4.47. The van der Waals surface area contributed by atoms with Crippen LogP contribution in [0.5, 0.6) is 5.88 Å². The molecule has 0 aliphatic heterocycles. The average Bonchev–Trinajstić information content (AvgIpc) is 2.66. The highest BCUT2D eigenvalue weighted by atomic mass is 19.4. The predicted molar refractivity (Wildman–Crippen MR) is 103 cm³/mol. The van der Waals surface area contributed by atoms with E-state index >= 15 is 0 Å². The lowest BCUT2D eigenvalue weighted by molar-refractivity contribution is -0.154. The molecule has 5 nitrogen and oxygen atoms in total. The van der Waals surface area contributed by atoms with Crippen molar-refractivity contribution in [2.24, 2.45) is 0 Å². The van der Waals surface area contributed by atoms with Gasteiger partial charge in [0, 0.05) is 11.8 Å². The number of amides is 1. The normalized spacial score (nSPS) is 13.5. The number of ether oxygens (including phenoxy) is 1. The standard InChI is InChI=1S/C20H24F3N3O2/c1-4-13(2)16-7-5-6-8-17(16)26-19(27)14(3)25-15-9-10-18(24-11-15)28-12-20(21,22)23/h5-11,13-14,25H,4,12H2,1-3H3,(H,26,27). The Morgan fingerprint density at radius 2 is 1.89 bits per heavy atom. The van der Waals surface area contributed by atoms with Gasteiger partial charge in [0.2, 0.25) is 11.8 Å². The molecular formula is C20H24F3N3O2. The van der Waals surface area contributed by atoms with Gasteiger partial charge in [-0.15, -0.1) is 0 Å². The van der Waals surface area contributed by atoms with Crippen molar-refractivity contribution in [3.63, 3.8) is 0 Å². The maximum absolute atomic E-state index is 12.5. The Balaban J connectivity index is 1.96. The van der Waals surface area contributed by atoms with Crippen LogP contribution in [0.2, 0.25) is 0 Å². The van der Waals surface area contributed by atoms with Gasteiger partial charge in [0.05, 0.1) is 11.9 Å². The van der Waals surface area contributed by atoms with Crippen molar-refractivity contribution in [1.29, 1.82) is 0 Å². The average molecular weight is 395 g/mol. The van der Waals surface area contributed by atoms with Crippen molar-refractivity contribution in [2.75, 3.05) is 17.2 Å². The summed E-state index contributed by atoms with van der Waals surface area (Å²) >= 11 is 0. The van der Waals surface area contributed by atoms with E-state index in [1.165, 1.54) is 18.3 Å². The fourth-order valence-electron chi connectivity index (χ4n) is 2.52. The fraction of sp³-hybridized carbons (Fsp3) is 0.400. The number of rotatable bonds is 8. The van der Waals surface area contributed by atoms with Crippen molar-refractivity contribution in [1.82, 2.24) is 4.98 Å². The number of hydrogen-bond donors (Lipinski definition) is 2. The molecule has 152 valence electrons. The van der Waals surface area contributed by atoms with Crippen LogP contribution in [0, 0.1) is 0 Å². The third-order valence-electron chi connectivity index (χ3n) is 4.26. The molecule has 1 aromatic heterocycles. The third-order valence-corrected chi connectivity index (χ3v) is 4.26. The Morgan fingerprint density at radius 3 is 2.50 bits per heavy atom. The quantitative estimate of drug-likeness (QED) is 0.662. The second-order valence-electron chi connectivity index (χ2n) is 6.54. The maximum atomic E-state index is 12.5. The summed E-state index contributed by atoms with van der Waals surface area (Å²) in [5.41, 5.74) is 2.33. The molecule has 0 saturated heterocycles. The molecule has 0 spiro atoms. The van der Waals surface area contributed by atoms with Gasteiger partial charge in [-0.3, -0.25) is 4.79 Å². The van der Waals surface area contributed by atoms with Crippen LogP contribution < -0.4 is 15.4 Å². The van der Waals surface area contributed by atoms with Gasteiger partial charge < -0.3 is 15.4 Å². The molecule has 1 heterocycles. The zero-order valence-corrected chi connectivity index (χ0v) is 16.0. The van der Waals surface area contributed by atoms with E-state index in [9.17, 15) is 18.0 Å². The van der Waals surface area contributed by atoms with Crippen molar-refractivity contribution in [3.8, 4) is 5.88 Å². The number of nitrogens with one attached hydrogen (secondary N) is 2. The Bertz CT molecular complexity index is 779. The molecule has 0 aliphatic carbocycles. The minimum atomic E-state index is -4.42. The molecular weight excluding hydrogens is 371 g/mol. The maximum Gasteiger partial charge on any atom is 0.422 e. The molecule has 2 aromatic rings. The first-order chi connectivity index (χ1) is 13.2. The van der Waals surface area contributed by atoms with E-state index in [1.54, 1.807) is 6.92 Å². The molecule has 2 rings (SSSR count). The third kappa shape index (κ3) is 6.44. The smallest absolute Gasteiger partial charge is 0.422 e. The Kier molecular flexibility index (Phi) is 7.25. The minimum Gasteiger partial charge on any atom is -0.468 e. The topological polar surface area (TPSA) is 63.2 Å². The Hall–Kier alpha value is -2.77. The monoisotopic (exact) mass is 395 g/mol. The van der Waals surface area contributed by atoms with Gasteiger partial charge in [-0.2, -0.15) is 13.2 Å². The number of benzene rings is 1. The number of pyridine rings is 1. The molecule has 28 heavy (non-hydrogen) atoms. The van der Waals surface area contributed by atoms with E-state index in [4.69, 9.17) is 0 Å².